The lowest BCUT2D eigenvalue weighted by Crippen LogP contribution is -2.16. The summed E-state index contributed by atoms with van der Waals surface area (Å²) in [5, 5.41) is 9.64. The SMILES string of the molecule is CCCn1cc(C#N)c2c(C(=O)OCC)nc(C(=O)OCC)nc21. The van der Waals surface area contributed by atoms with Crippen LogP contribution in [0.25, 0.3) is 11.0 Å². The largest absolute Gasteiger partial charge is 0.461 e. The Morgan fingerprint density at radius 2 is 1.83 bits per heavy atom. The van der Waals surface area contributed by atoms with Crippen molar-refractivity contribution in [1.82, 2.24) is 14.5 Å². The number of nitriles is 1. The first-order valence-corrected chi connectivity index (χ1v) is 7.72. The molecule has 8 heteroatoms. The molecule has 0 aliphatic carbocycles. The molecule has 2 aromatic heterocycles. The molecular formula is C16H18N4O4. The Morgan fingerprint density at radius 3 is 2.42 bits per heavy atom. The lowest BCUT2D eigenvalue weighted by atomic mass is 10.2. The van der Waals surface area contributed by atoms with Gasteiger partial charge in [0.1, 0.15) is 11.7 Å². The van der Waals surface area contributed by atoms with E-state index in [9.17, 15) is 14.9 Å². The normalized spacial score (nSPS) is 10.4. The van der Waals surface area contributed by atoms with Crippen LogP contribution >= 0.6 is 0 Å². The molecule has 8 nitrogen and oxygen atoms in total. The highest BCUT2D eigenvalue weighted by atomic mass is 16.5. The summed E-state index contributed by atoms with van der Waals surface area (Å²) in [4.78, 5) is 32.4. The molecule has 0 amide bonds. The van der Waals surface area contributed by atoms with Crippen molar-refractivity contribution in [2.75, 3.05) is 13.2 Å². The van der Waals surface area contributed by atoms with E-state index in [0.29, 0.717) is 12.2 Å². The van der Waals surface area contributed by atoms with Crippen LogP contribution in [-0.4, -0.2) is 39.7 Å². The van der Waals surface area contributed by atoms with E-state index in [0.717, 1.165) is 6.42 Å². The molecule has 0 N–H and O–H groups in total. The number of carbonyl (C=O) groups excluding carboxylic acids is 2. The zero-order valence-electron chi connectivity index (χ0n) is 13.8. The van der Waals surface area contributed by atoms with E-state index in [4.69, 9.17) is 9.47 Å². The maximum absolute atomic E-state index is 12.2. The molecule has 0 atom stereocenters. The Morgan fingerprint density at radius 1 is 1.17 bits per heavy atom. The molecule has 0 saturated heterocycles. The third-order valence-corrected chi connectivity index (χ3v) is 3.23. The van der Waals surface area contributed by atoms with Gasteiger partial charge in [-0.3, -0.25) is 0 Å². The van der Waals surface area contributed by atoms with E-state index in [1.807, 2.05) is 13.0 Å². The lowest BCUT2D eigenvalue weighted by molar-refractivity contribution is 0.0507. The Bertz CT molecular complexity index is 820. The van der Waals surface area contributed by atoms with Gasteiger partial charge in [-0.05, 0) is 20.3 Å². The van der Waals surface area contributed by atoms with Crippen LogP contribution in [0.15, 0.2) is 6.20 Å². The van der Waals surface area contributed by atoms with Gasteiger partial charge in [0.25, 0.3) is 0 Å². The van der Waals surface area contributed by atoms with Crippen molar-refractivity contribution in [1.29, 1.82) is 5.26 Å². The zero-order valence-corrected chi connectivity index (χ0v) is 13.8. The molecule has 0 bridgehead atoms. The molecule has 0 aromatic carbocycles. The fourth-order valence-corrected chi connectivity index (χ4v) is 2.32. The quantitative estimate of drug-likeness (QED) is 0.746. The second-order valence-electron chi connectivity index (χ2n) is 4.88. The number of ether oxygens (including phenoxy) is 2. The number of aromatic nitrogens is 3. The van der Waals surface area contributed by atoms with Gasteiger partial charge in [0, 0.05) is 12.7 Å². The second kappa shape index (κ2) is 7.55. The highest BCUT2D eigenvalue weighted by Gasteiger charge is 2.25. The highest BCUT2D eigenvalue weighted by Crippen LogP contribution is 2.24. The molecule has 126 valence electrons. The fraction of sp³-hybridized carbons (Fsp3) is 0.438. The van der Waals surface area contributed by atoms with Gasteiger partial charge in [-0.1, -0.05) is 6.92 Å². The minimum Gasteiger partial charge on any atom is -0.461 e. The smallest absolute Gasteiger partial charge is 0.376 e. The van der Waals surface area contributed by atoms with E-state index in [1.165, 1.54) is 0 Å². The summed E-state index contributed by atoms with van der Waals surface area (Å²) in [6.07, 6.45) is 2.39. The van der Waals surface area contributed by atoms with Crippen LogP contribution in [0.4, 0.5) is 0 Å². The van der Waals surface area contributed by atoms with Gasteiger partial charge in [-0.2, -0.15) is 5.26 Å². The summed E-state index contributed by atoms with van der Waals surface area (Å²) in [6.45, 7) is 6.19. The van der Waals surface area contributed by atoms with Gasteiger partial charge in [-0.25, -0.2) is 19.6 Å². The van der Waals surface area contributed by atoms with Crippen molar-refractivity contribution in [3.05, 3.63) is 23.3 Å². The number of hydrogen-bond donors (Lipinski definition) is 0. The molecule has 2 heterocycles. The van der Waals surface area contributed by atoms with Gasteiger partial charge >= 0.3 is 11.9 Å². The van der Waals surface area contributed by atoms with Gasteiger partial charge in [0.2, 0.25) is 5.82 Å². The molecule has 0 radical (unpaired) electrons. The van der Waals surface area contributed by atoms with Gasteiger partial charge in [0.05, 0.1) is 24.2 Å². The molecule has 0 saturated carbocycles. The Balaban J connectivity index is 2.76. The van der Waals surface area contributed by atoms with Crippen molar-refractivity contribution >= 4 is 23.0 Å². The number of rotatable bonds is 6. The van der Waals surface area contributed by atoms with E-state index >= 15 is 0 Å². The minimum absolute atomic E-state index is 0.101. The van der Waals surface area contributed by atoms with E-state index in [2.05, 4.69) is 9.97 Å². The first kappa shape index (κ1) is 17.4. The van der Waals surface area contributed by atoms with Crippen molar-refractivity contribution in [2.45, 2.75) is 33.7 Å². The molecule has 24 heavy (non-hydrogen) atoms. The van der Waals surface area contributed by atoms with Crippen LogP contribution in [0.1, 0.15) is 53.9 Å². The topological polar surface area (TPSA) is 107 Å². The standard InChI is InChI=1S/C16H18N4O4/c1-4-7-20-9-10(8-17)11-12(15(21)23-5-2)18-13(19-14(11)20)16(22)24-6-3/h9H,4-7H2,1-3H3. The third-order valence-electron chi connectivity index (χ3n) is 3.23. The van der Waals surface area contributed by atoms with Crippen LogP contribution < -0.4 is 0 Å². The summed E-state index contributed by atoms with van der Waals surface area (Å²) in [6, 6.07) is 2.04. The Kier molecular flexibility index (Phi) is 5.47. The number of aryl methyl sites for hydroxylation is 1. The predicted octanol–water partition coefficient (Wildman–Crippen LogP) is 2.07. The summed E-state index contributed by atoms with van der Waals surface area (Å²) in [5.74, 6) is -1.67. The first-order valence-electron chi connectivity index (χ1n) is 7.72. The second-order valence-corrected chi connectivity index (χ2v) is 4.88. The molecule has 0 aliphatic rings. The molecule has 2 aromatic rings. The van der Waals surface area contributed by atoms with E-state index in [-0.39, 0.29) is 35.7 Å². The predicted molar refractivity (Wildman–Crippen MR) is 84.4 cm³/mol. The van der Waals surface area contributed by atoms with Gasteiger partial charge in [0.15, 0.2) is 5.69 Å². The summed E-state index contributed by atoms with van der Waals surface area (Å²) >= 11 is 0. The van der Waals surface area contributed by atoms with Crippen molar-refractivity contribution in [3.63, 3.8) is 0 Å². The maximum atomic E-state index is 12.2. The number of nitrogens with zero attached hydrogens (tertiary/aromatic N) is 4. The summed E-state index contributed by atoms with van der Waals surface area (Å²) in [7, 11) is 0. The molecule has 2 rings (SSSR count). The van der Waals surface area contributed by atoms with Crippen molar-refractivity contribution in [3.8, 4) is 6.07 Å². The third kappa shape index (κ3) is 3.20. The number of fused-ring (bicyclic) bond motifs is 1. The van der Waals surface area contributed by atoms with Crippen LogP contribution in [0, 0.1) is 11.3 Å². The molecule has 0 spiro atoms. The van der Waals surface area contributed by atoms with Gasteiger partial charge in [-0.15, -0.1) is 0 Å². The number of esters is 2. The van der Waals surface area contributed by atoms with Crippen molar-refractivity contribution in [2.24, 2.45) is 0 Å². The number of carbonyl (C=O) groups is 2. The van der Waals surface area contributed by atoms with Crippen LogP contribution in [0.2, 0.25) is 0 Å². The number of hydrogen-bond acceptors (Lipinski definition) is 7. The molecule has 0 aliphatic heterocycles. The zero-order chi connectivity index (χ0) is 17.7. The highest BCUT2D eigenvalue weighted by molar-refractivity contribution is 6.04. The van der Waals surface area contributed by atoms with Crippen molar-refractivity contribution < 1.29 is 19.1 Å². The average Bonchev–Trinajstić information content (AvgIpc) is 2.93. The molecule has 0 fully saturated rings. The Labute approximate surface area is 139 Å². The molecule has 0 unspecified atom stereocenters. The average molecular weight is 330 g/mol. The summed E-state index contributed by atoms with van der Waals surface area (Å²) < 4.78 is 11.6. The lowest BCUT2D eigenvalue weighted by Gasteiger charge is -2.07. The monoisotopic (exact) mass is 330 g/mol. The van der Waals surface area contributed by atoms with Gasteiger partial charge < -0.3 is 14.0 Å². The first-order chi connectivity index (χ1) is 11.6. The van der Waals surface area contributed by atoms with E-state index < -0.39 is 11.9 Å². The molecular weight excluding hydrogens is 312 g/mol. The fourth-order valence-electron chi connectivity index (χ4n) is 2.32. The minimum atomic E-state index is -0.729. The van der Waals surface area contributed by atoms with E-state index in [1.54, 1.807) is 24.6 Å². The summed E-state index contributed by atoms with van der Waals surface area (Å²) in [5.41, 5.74) is 0.503. The van der Waals surface area contributed by atoms with Crippen LogP contribution in [0.3, 0.4) is 0 Å². The van der Waals surface area contributed by atoms with Crippen LogP contribution in [-0.2, 0) is 16.0 Å². The Hall–Kier alpha value is -2.95. The van der Waals surface area contributed by atoms with Crippen LogP contribution in [0.5, 0.6) is 0 Å². The maximum Gasteiger partial charge on any atom is 0.376 e.